The normalized spacial score (nSPS) is 24.3. The molecule has 1 fully saturated rings. The summed E-state index contributed by atoms with van der Waals surface area (Å²) in [5, 5.41) is 74.0. The van der Waals surface area contributed by atoms with Gasteiger partial charge in [0.2, 0.25) is 5.91 Å². The van der Waals surface area contributed by atoms with Gasteiger partial charge in [0, 0.05) is 0 Å². The molecule has 14 heteroatoms. The summed E-state index contributed by atoms with van der Waals surface area (Å²) in [5.41, 5.74) is 0. The SMILES string of the molecule is CCCC/C=C/CC/C=C/C(O)C(COP(=O)(O)OC1C(O)C(O)C(O)C(O)C1O)NC(=O)CC(O)CCCCCCC/C=C\CCCCCCCCCCCC. The number of allylic oxidation sites excluding steroid dienone is 5. The van der Waals surface area contributed by atoms with Crippen molar-refractivity contribution in [3.05, 3.63) is 36.5 Å². The molecular formula is C43H80NO12P. The van der Waals surface area contributed by atoms with Gasteiger partial charge in [0.25, 0.3) is 0 Å². The number of carbonyl (C=O) groups excluding carboxylic acids is 1. The van der Waals surface area contributed by atoms with Crippen LogP contribution in [0.1, 0.15) is 168 Å². The maximum absolute atomic E-state index is 12.9. The largest absolute Gasteiger partial charge is 0.472 e. The summed E-state index contributed by atoms with van der Waals surface area (Å²) in [7, 11) is -5.14. The van der Waals surface area contributed by atoms with Gasteiger partial charge >= 0.3 is 7.82 Å². The Morgan fingerprint density at radius 2 is 1.05 bits per heavy atom. The van der Waals surface area contributed by atoms with Crippen molar-refractivity contribution in [2.75, 3.05) is 6.61 Å². The molecule has 8 atom stereocenters. The predicted octanol–water partition coefficient (Wildman–Crippen LogP) is 6.58. The number of carbonyl (C=O) groups is 1. The molecule has 0 spiro atoms. The highest BCUT2D eigenvalue weighted by Crippen LogP contribution is 2.47. The molecule has 0 aliphatic heterocycles. The van der Waals surface area contributed by atoms with E-state index in [1.807, 2.05) is 6.08 Å². The van der Waals surface area contributed by atoms with Crippen LogP contribution in [0.15, 0.2) is 36.5 Å². The van der Waals surface area contributed by atoms with Gasteiger partial charge in [0.15, 0.2) is 0 Å². The van der Waals surface area contributed by atoms with Crippen LogP contribution in [0.4, 0.5) is 0 Å². The molecule has 334 valence electrons. The number of hydrogen-bond acceptors (Lipinski definition) is 11. The second-order valence-electron chi connectivity index (χ2n) is 15.7. The maximum atomic E-state index is 12.9. The summed E-state index contributed by atoms with van der Waals surface area (Å²) in [6, 6.07) is -1.26. The number of phosphoric acid groups is 1. The molecule has 1 aliphatic rings. The third-order valence-corrected chi connectivity index (χ3v) is 11.4. The summed E-state index contributed by atoms with van der Waals surface area (Å²) < 4.78 is 22.7. The van der Waals surface area contributed by atoms with Gasteiger partial charge in [-0.2, -0.15) is 0 Å². The fourth-order valence-electron chi connectivity index (χ4n) is 6.77. The zero-order chi connectivity index (χ0) is 42.3. The Balaban J connectivity index is 2.48. The summed E-state index contributed by atoms with van der Waals surface area (Å²) >= 11 is 0. The van der Waals surface area contributed by atoms with Gasteiger partial charge in [0.05, 0.1) is 31.3 Å². The van der Waals surface area contributed by atoms with E-state index in [1.165, 1.54) is 70.3 Å². The standard InChI is InChI=1S/C43H80NO12P/c1-3-5-7-9-11-13-14-15-16-17-18-19-20-21-22-23-24-26-28-30-34(45)32-37(47)44-35(36(46)31-29-27-25-12-10-8-6-4-2)33-55-57(53,54)56-43-41(51)39(49)38(48)40(50)42(43)52/h10,12,19-20,29,31,34-36,38-43,45-46,48-52H,3-9,11,13-18,21-28,30,32-33H2,1-2H3,(H,44,47)(H,53,54)/b12-10+,20-19-,31-29+. The summed E-state index contributed by atoms with van der Waals surface area (Å²) in [5.74, 6) is -0.612. The molecule has 0 saturated heterocycles. The minimum Gasteiger partial charge on any atom is -0.393 e. The number of aliphatic hydroxyl groups excluding tert-OH is 7. The molecule has 1 aliphatic carbocycles. The number of nitrogens with one attached hydrogen (secondary N) is 1. The van der Waals surface area contributed by atoms with Crippen LogP contribution in [0.5, 0.6) is 0 Å². The summed E-state index contributed by atoms with van der Waals surface area (Å²) in [6.07, 6.45) is 22.8. The monoisotopic (exact) mass is 834 g/mol. The lowest BCUT2D eigenvalue weighted by atomic mass is 9.85. The molecule has 1 saturated carbocycles. The molecule has 0 aromatic rings. The van der Waals surface area contributed by atoms with Crippen LogP contribution in [-0.4, -0.2) is 108 Å². The first-order chi connectivity index (χ1) is 27.3. The zero-order valence-electron chi connectivity index (χ0n) is 35.0. The summed E-state index contributed by atoms with van der Waals surface area (Å²) in [4.78, 5) is 23.3. The minimum atomic E-state index is -5.14. The van der Waals surface area contributed by atoms with Gasteiger partial charge in [0.1, 0.15) is 36.6 Å². The fraction of sp³-hybridized carbons (Fsp3) is 0.837. The van der Waals surface area contributed by atoms with Crippen LogP contribution in [0.3, 0.4) is 0 Å². The molecule has 1 amide bonds. The average Bonchev–Trinajstić information content (AvgIpc) is 3.18. The highest BCUT2D eigenvalue weighted by molar-refractivity contribution is 7.47. The summed E-state index contributed by atoms with van der Waals surface area (Å²) in [6.45, 7) is 3.62. The van der Waals surface area contributed by atoms with Crippen LogP contribution in [0, 0.1) is 0 Å². The molecule has 0 radical (unpaired) electrons. The van der Waals surface area contributed by atoms with E-state index in [9.17, 15) is 50.0 Å². The van der Waals surface area contributed by atoms with Crippen molar-refractivity contribution < 1.29 is 59.0 Å². The molecule has 8 unspecified atom stereocenters. The van der Waals surface area contributed by atoms with E-state index in [2.05, 4.69) is 37.4 Å². The predicted molar refractivity (Wildman–Crippen MR) is 224 cm³/mol. The second-order valence-corrected chi connectivity index (χ2v) is 17.1. The molecule has 0 aromatic heterocycles. The Hall–Kier alpha value is -1.48. The number of aliphatic hydroxyl groups is 7. The Bertz CT molecular complexity index is 1120. The second kappa shape index (κ2) is 33.3. The molecule has 9 N–H and O–H groups in total. The van der Waals surface area contributed by atoms with E-state index in [-0.39, 0.29) is 6.42 Å². The Kier molecular flexibility index (Phi) is 31.2. The highest BCUT2D eigenvalue weighted by Gasteiger charge is 2.51. The number of unbranched alkanes of at least 4 members (excludes halogenated alkanes) is 18. The van der Waals surface area contributed by atoms with Crippen LogP contribution < -0.4 is 5.32 Å². The Labute approximate surface area is 343 Å². The highest BCUT2D eigenvalue weighted by atomic mass is 31.2. The van der Waals surface area contributed by atoms with E-state index in [0.717, 1.165) is 70.6 Å². The van der Waals surface area contributed by atoms with E-state index >= 15 is 0 Å². The van der Waals surface area contributed by atoms with E-state index in [0.29, 0.717) is 12.8 Å². The van der Waals surface area contributed by atoms with E-state index in [1.54, 1.807) is 6.08 Å². The van der Waals surface area contributed by atoms with Crippen molar-refractivity contribution >= 4 is 13.7 Å². The first-order valence-corrected chi connectivity index (χ1v) is 23.5. The lowest BCUT2D eigenvalue weighted by Gasteiger charge is -2.41. The molecule has 0 bridgehead atoms. The van der Waals surface area contributed by atoms with Gasteiger partial charge in [-0.1, -0.05) is 147 Å². The van der Waals surface area contributed by atoms with Crippen LogP contribution in [-0.2, 0) is 18.4 Å². The average molecular weight is 834 g/mol. The number of amides is 1. The van der Waals surface area contributed by atoms with Crippen molar-refractivity contribution in [3.63, 3.8) is 0 Å². The van der Waals surface area contributed by atoms with Crippen molar-refractivity contribution in [3.8, 4) is 0 Å². The molecule has 0 aromatic carbocycles. The molecule has 57 heavy (non-hydrogen) atoms. The molecular weight excluding hydrogens is 753 g/mol. The number of rotatable bonds is 35. The number of hydrogen-bond donors (Lipinski definition) is 9. The quantitative estimate of drug-likeness (QED) is 0.0187. The van der Waals surface area contributed by atoms with Gasteiger partial charge in [-0.3, -0.25) is 13.8 Å². The molecule has 1 rings (SSSR count). The maximum Gasteiger partial charge on any atom is 0.472 e. The van der Waals surface area contributed by atoms with Crippen LogP contribution in [0.25, 0.3) is 0 Å². The van der Waals surface area contributed by atoms with Crippen LogP contribution >= 0.6 is 7.82 Å². The topological polar surface area (TPSA) is 226 Å². The lowest BCUT2D eigenvalue weighted by molar-refractivity contribution is -0.220. The molecule has 13 nitrogen and oxygen atoms in total. The fourth-order valence-corrected chi connectivity index (χ4v) is 7.73. The first kappa shape index (κ1) is 53.5. The smallest absolute Gasteiger partial charge is 0.393 e. The minimum absolute atomic E-state index is 0.259. The third-order valence-electron chi connectivity index (χ3n) is 10.4. The van der Waals surface area contributed by atoms with Crippen molar-refractivity contribution in [2.45, 2.75) is 223 Å². The van der Waals surface area contributed by atoms with Crippen molar-refractivity contribution in [1.82, 2.24) is 5.32 Å². The van der Waals surface area contributed by atoms with Crippen molar-refractivity contribution in [2.24, 2.45) is 0 Å². The Morgan fingerprint density at radius 3 is 1.60 bits per heavy atom. The van der Waals surface area contributed by atoms with Gasteiger partial charge < -0.3 is 46.0 Å². The van der Waals surface area contributed by atoms with Gasteiger partial charge in [-0.15, -0.1) is 0 Å². The van der Waals surface area contributed by atoms with Crippen LogP contribution in [0.2, 0.25) is 0 Å². The Morgan fingerprint density at radius 1 is 0.614 bits per heavy atom. The van der Waals surface area contributed by atoms with E-state index < -0.39 is 75.2 Å². The molecule has 0 heterocycles. The third kappa shape index (κ3) is 25.7. The zero-order valence-corrected chi connectivity index (χ0v) is 35.9. The lowest BCUT2D eigenvalue weighted by Crippen LogP contribution is -2.64. The van der Waals surface area contributed by atoms with Gasteiger partial charge in [-0.25, -0.2) is 4.57 Å². The van der Waals surface area contributed by atoms with Gasteiger partial charge in [-0.05, 0) is 51.4 Å². The number of phosphoric ester groups is 1. The first-order valence-electron chi connectivity index (χ1n) is 22.0. The van der Waals surface area contributed by atoms with E-state index in [4.69, 9.17) is 9.05 Å². The van der Waals surface area contributed by atoms with Crippen molar-refractivity contribution in [1.29, 1.82) is 0 Å².